The summed E-state index contributed by atoms with van der Waals surface area (Å²) in [5.74, 6) is 3.77. The van der Waals surface area contributed by atoms with Crippen LogP contribution in [0.3, 0.4) is 0 Å². The van der Waals surface area contributed by atoms with Crippen LogP contribution in [-0.2, 0) is 20.1 Å². The van der Waals surface area contributed by atoms with Crippen molar-refractivity contribution >= 4 is 0 Å². The number of aromatic nitrogens is 5. The van der Waals surface area contributed by atoms with Crippen LogP contribution >= 0.6 is 0 Å². The van der Waals surface area contributed by atoms with Crippen LogP contribution in [0.25, 0.3) is 0 Å². The molecule has 4 rings (SSSR count). The van der Waals surface area contributed by atoms with Gasteiger partial charge in [0.1, 0.15) is 17.5 Å². The molecule has 1 atom stereocenters. The monoisotopic (exact) mass is 343 g/mol. The molecule has 0 aliphatic carbocycles. The smallest absolute Gasteiger partial charge is 0.146 e. The number of piperidine rings is 2. The van der Waals surface area contributed by atoms with Crippen molar-refractivity contribution < 1.29 is 0 Å². The number of likely N-dealkylation sites (tertiary alicyclic amines) is 2. The normalized spacial score (nSPS) is 23.2. The van der Waals surface area contributed by atoms with E-state index in [4.69, 9.17) is 0 Å². The minimum Gasteiger partial charge on any atom is -0.348 e. The van der Waals surface area contributed by atoms with Gasteiger partial charge in [0, 0.05) is 31.9 Å². The molecule has 25 heavy (non-hydrogen) atoms. The van der Waals surface area contributed by atoms with E-state index >= 15 is 0 Å². The molecule has 1 N–H and O–H groups in total. The van der Waals surface area contributed by atoms with Gasteiger partial charge in [0.25, 0.3) is 0 Å². The second-order valence-electron chi connectivity index (χ2n) is 7.48. The largest absolute Gasteiger partial charge is 0.348 e. The predicted molar refractivity (Wildman–Crippen MR) is 96.0 cm³/mol. The summed E-state index contributed by atoms with van der Waals surface area (Å²) in [5.41, 5.74) is 0. The van der Waals surface area contributed by atoms with Gasteiger partial charge in [-0.15, -0.1) is 10.2 Å². The van der Waals surface area contributed by atoms with Crippen molar-refractivity contribution in [3.8, 4) is 0 Å². The summed E-state index contributed by atoms with van der Waals surface area (Å²) < 4.78 is 2.25. The van der Waals surface area contributed by atoms with Crippen LogP contribution in [0.1, 0.15) is 55.5 Å². The van der Waals surface area contributed by atoms with E-state index in [9.17, 15) is 0 Å². The summed E-state index contributed by atoms with van der Waals surface area (Å²) in [4.78, 5) is 12.6. The van der Waals surface area contributed by atoms with E-state index in [1.165, 1.54) is 45.2 Å². The molecular weight excluding hydrogens is 314 g/mol. The van der Waals surface area contributed by atoms with Crippen LogP contribution in [0.15, 0.2) is 12.4 Å². The Labute approximate surface area is 149 Å². The standard InChI is InChI=1S/C18H29N7/c1-23-17(14-24-9-3-2-4-10-24)21-22-18(23)15-6-5-11-25(12-15)13-16-19-7-8-20-16/h7-8,15H,2-6,9-14H2,1H3,(H,19,20). The third-order valence-electron chi connectivity index (χ3n) is 5.61. The van der Waals surface area contributed by atoms with Gasteiger partial charge in [0.2, 0.25) is 0 Å². The van der Waals surface area contributed by atoms with Crippen molar-refractivity contribution in [3.63, 3.8) is 0 Å². The highest BCUT2D eigenvalue weighted by atomic mass is 15.3. The van der Waals surface area contributed by atoms with E-state index in [0.29, 0.717) is 5.92 Å². The van der Waals surface area contributed by atoms with Gasteiger partial charge in [-0.1, -0.05) is 6.42 Å². The van der Waals surface area contributed by atoms with E-state index < -0.39 is 0 Å². The van der Waals surface area contributed by atoms with Gasteiger partial charge in [0.15, 0.2) is 0 Å². The molecule has 0 spiro atoms. The van der Waals surface area contributed by atoms with E-state index in [2.05, 4.69) is 41.6 Å². The highest BCUT2D eigenvalue weighted by molar-refractivity contribution is 5.04. The number of nitrogens with one attached hydrogen (secondary N) is 1. The van der Waals surface area contributed by atoms with Crippen LogP contribution in [0.2, 0.25) is 0 Å². The van der Waals surface area contributed by atoms with Crippen molar-refractivity contribution in [2.45, 2.75) is 51.1 Å². The molecule has 2 aromatic heterocycles. The fraction of sp³-hybridized carbons (Fsp3) is 0.722. The van der Waals surface area contributed by atoms with Crippen molar-refractivity contribution in [2.75, 3.05) is 26.2 Å². The van der Waals surface area contributed by atoms with Gasteiger partial charge in [0.05, 0.1) is 13.1 Å². The Bertz CT molecular complexity index is 657. The van der Waals surface area contributed by atoms with Gasteiger partial charge in [-0.2, -0.15) is 0 Å². The Morgan fingerprint density at radius 3 is 2.68 bits per heavy atom. The lowest BCUT2D eigenvalue weighted by Gasteiger charge is -2.31. The molecule has 136 valence electrons. The van der Waals surface area contributed by atoms with E-state index in [1.54, 1.807) is 0 Å². The van der Waals surface area contributed by atoms with Crippen LogP contribution in [0.4, 0.5) is 0 Å². The van der Waals surface area contributed by atoms with E-state index in [0.717, 1.165) is 43.7 Å². The van der Waals surface area contributed by atoms with Crippen molar-refractivity contribution in [3.05, 3.63) is 29.9 Å². The number of nitrogens with zero attached hydrogens (tertiary/aromatic N) is 6. The number of rotatable bonds is 5. The van der Waals surface area contributed by atoms with Gasteiger partial charge in [-0.05, 0) is 45.3 Å². The zero-order valence-electron chi connectivity index (χ0n) is 15.2. The maximum Gasteiger partial charge on any atom is 0.146 e. The third kappa shape index (κ3) is 3.93. The quantitative estimate of drug-likeness (QED) is 0.898. The number of aromatic amines is 1. The molecule has 2 fully saturated rings. The lowest BCUT2D eigenvalue weighted by Crippen LogP contribution is -2.35. The summed E-state index contributed by atoms with van der Waals surface area (Å²) in [6, 6.07) is 0. The van der Waals surface area contributed by atoms with E-state index in [-0.39, 0.29) is 0 Å². The van der Waals surface area contributed by atoms with Gasteiger partial charge in [-0.25, -0.2) is 4.98 Å². The first-order chi connectivity index (χ1) is 12.3. The zero-order valence-corrected chi connectivity index (χ0v) is 15.2. The second kappa shape index (κ2) is 7.66. The summed E-state index contributed by atoms with van der Waals surface area (Å²) in [6.45, 7) is 6.39. The highest BCUT2D eigenvalue weighted by Gasteiger charge is 2.26. The van der Waals surface area contributed by atoms with Crippen LogP contribution in [0.5, 0.6) is 0 Å². The SMILES string of the molecule is Cn1c(CN2CCCCC2)nnc1C1CCCN(Cc2ncc[nH]2)C1. The molecule has 0 saturated carbocycles. The molecule has 2 aliphatic heterocycles. The predicted octanol–water partition coefficient (Wildman–Crippen LogP) is 1.90. The molecule has 1 unspecified atom stereocenters. The Kier molecular flexibility index (Phi) is 5.12. The van der Waals surface area contributed by atoms with Crippen LogP contribution in [0, 0.1) is 0 Å². The maximum atomic E-state index is 4.57. The Morgan fingerprint density at radius 1 is 1.04 bits per heavy atom. The Hall–Kier alpha value is -1.73. The third-order valence-corrected chi connectivity index (χ3v) is 5.61. The van der Waals surface area contributed by atoms with Crippen molar-refractivity contribution in [1.29, 1.82) is 0 Å². The Morgan fingerprint density at radius 2 is 1.88 bits per heavy atom. The molecule has 0 aromatic carbocycles. The number of H-pyrrole nitrogens is 1. The van der Waals surface area contributed by atoms with Crippen molar-refractivity contribution in [2.24, 2.45) is 7.05 Å². The van der Waals surface area contributed by atoms with Crippen LogP contribution in [-0.4, -0.2) is 60.7 Å². The molecule has 7 nitrogen and oxygen atoms in total. The molecular formula is C18H29N7. The fourth-order valence-corrected chi connectivity index (χ4v) is 4.19. The first-order valence-electron chi connectivity index (χ1n) is 9.61. The highest BCUT2D eigenvalue weighted by Crippen LogP contribution is 2.26. The number of hydrogen-bond donors (Lipinski definition) is 1. The molecule has 2 aliphatic rings. The molecule has 0 radical (unpaired) electrons. The molecule has 2 aromatic rings. The van der Waals surface area contributed by atoms with Gasteiger partial charge >= 0.3 is 0 Å². The lowest BCUT2D eigenvalue weighted by molar-refractivity contribution is 0.190. The number of hydrogen-bond acceptors (Lipinski definition) is 5. The maximum absolute atomic E-state index is 4.57. The first-order valence-corrected chi connectivity index (χ1v) is 9.61. The average molecular weight is 343 g/mol. The summed E-state index contributed by atoms with van der Waals surface area (Å²) in [6.07, 6.45) is 10.1. The fourth-order valence-electron chi connectivity index (χ4n) is 4.19. The lowest BCUT2D eigenvalue weighted by atomic mass is 9.97. The Balaban J connectivity index is 1.40. The first kappa shape index (κ1) is 16.7. The summed E-state index contributed by atoms with van der Waals surface area (Å²) in [7, 11) is 2.14. The molecule has 2 saturated heterocycles. The molecule has 0 bridgehead atoms. The number of imidazole rings is 1. The van der Waals surface area contributed by atoms with Crippen molar-refractivity contribution in [1.82, 2.24) is 34.5 Å². The minimum atomic E-state index is 0.469. The van der Waals surface area contributed by atoms with Gasteiger partial charge < -0.3 is 9.55 Å². The minimum absolute atomic E-state index is 0.469. The molecule has 4 heterocycles. The molecule has 0 amide bonds. The van der Waals surface area contributed by atoms with E-state index in [1.807, 2.05) is 12.4 Å². The average Bonchev–Trinajstić information content (AvgIpc) is 3.27. The topological polar surface area (TPSA) is 65.9 Å². The van der Waals surface area contributed by atoms with Gasteiger partial charge in [-0.3, -0.25) is 9.80 Å². The summed E-state index contributed by atoms with van der Waals surface area (Å²) >= 11 is 0. The zero-order chi connectivity index (χ0) is 17.1. The summed E-state index contributed by atoms with van der Waals surface area (Å²) in [5, 5.41) is 9.09. The molecule has 7 heteroatoms. The van der Waals surface area contributed by atoms with Crippen LogP contribution < -0.4 is 0 Å². The second-order valence-corrected chi connectivity index (χ2v) is 7.48.